The maximum Gasteiger partial charge on any atom is 0.416 e. The third-order valence-corrected chi connectivity index (χ3v) is 9.44. The molecule has 6 rings (SSSR count). The number of carboxylic acids is 1. The SMILES string of the molecule is O=C1CCC(=O)N[C@H](Cc2ccc(F)cc2)C(=O)N[C@@H](Cc2ccc(C(F)(F)F)cc2)C(=O)N[C@H](Cc2ccccc2)C(=O)C[C@H](C(=O)O)Cc2ccc(cc2)N1. The van der Waals surface area contributed by atoms with E-state index >= 15 is 0 Å². The number of hydrogen-bond acceptors (Lipinski definition) is 6. The highest BCUT2D eigenvalue weighted by molar-refractivity contribution is 5.97. The molecular weight excluding hydrogens is 748 g/mol. The van der Waals surface area contributed by atoms with Crippen molar-refractivity contribution in [3.63, 3.8) is 0 Å². The number of aliphatic carboxylic acids is 1. The number of ketones is 1. The Hall–Kier alpha value is -6.38. The van der Waals surface area contributed by atoms with Crippen molar-refractivity contribution in [1.82, 2.24) is 16.0 Å². The summed E-state index contributed by atoms with van der Waals surface area (Å²) >= 11 is 0. The first-order valence-corrected chi connectivity index (χ1v) is 18.1. The Balaban J connectivity index is 1.52. The molecule has 5 N–H and O–H groups in total. The van der Waals surface area contributed by atoms with E-state index in [1.807, 2.05) is 0 Å². The summed E-state index contributed by atoms with van der Waals surface area (Å²) in [5.41, 5.74) is 1.23. The van der Waals surface area contributed by atoms with Crippen molar-refractivity contribution in [2.75, 3.05) is 5.32 Å². The van der Waals surface area contributed by atoms with Crippen LogP contribution in [-0.4, -0.2) is 58.6 Å². The highest BCUT2D eigenvalue weighted by Gasteiger charge is 2.34. The highest BCUT2D eigenvalue weighted by atomic mass is 19.4. The van der Waals surface area contributed by atoms with Crippen LogP contribution >= 0.6 is 0 Å². The third kappa shape index (κ3) is 12.6. The van der Waals surface area contributed by atoms with Crippen LogP contribution in [0.1, 0.15) is 47.1 Å². The minimum absolute atomic E-state index is 0.0592. The first-order chi connectivity index (χ1) is 27.1. The van der Waals surface area contributed by atoms with Crippen molar-refractivity contribution < 1.29 is 51.4 Å². The maximum absolute atomic E-state index is 14.2. The molecule has 0 spiro atoms. The van der Waals surface area contributed by atoms with Crippen LogP contribution in [0.4, 0.5) is 23.2 Å². The molecule has 298 valence electrons. The van der Waals surface area contributed by atoms with E-state index in [1.54, 1.807) is 54.6 Å². The van der Waals surface area contributed by atoms with Crippen LogP contribution in [0.15, 0.2) is 103 Å². The van der Waals surface area contributed by atoms with Gasteiger partial charge in [0.1, 0.15) is 17.9 Å². The quantitative estimate of drug-likeness (QED) is 0.130. The Morgan fingerprint density at radius 1 is 0.614 bits per heavy atom. The van der Waals surface area contributed by atoms with Gasteiger partial charge in [0.15, 0.2) is 5.78 Å². The molecule has 4 aromatic carbocycles. The zero-order valence-corrected chi connectivity index (χ0v) is 30.5. The molecule has 0 unspecified atom stereocenters. The monoisotopic (exact) mass is 788 g/mol. The Kier molecular flexibility index (Phi) is 13.9. The Morgan fingerprint density at radius 3 is 1.70 bits per heavy atom. The lowest BCUT2D eigenvalue weighted by molar-refractivity contribution is -0.144. The Bertz CT molecular complexity index is 2060. The smallest absolute Gasteiger partial charge is 0.416 e. The molecule has 4 aromatic rings. The number of amides is 4. The van der Waals surface area contributed by atoms with E-state index in [-0.39, 0.29) is 44.1 Å². The van der Waals surface area contributed by atoms with Gasteiger partial charge in [0.05, 0.1) is 17.5 Å². The lowest BCUT2D eigenvalue weighted by atomic mass is 9.90. The molecule has 0 aromatic heterocycles. The molecule has 11 nitrogen and oxygen atoms in total. The van der Waals surface area contributed by atoms with E-state index in [4.69, 9.17) is 0 Å². The minimum Gasteiger partial charge on any atom is -0.481 e. The van der Waals surface area contributed by atoms with Crippen molar-refractivity contribution >= 4 is 41.1 Å². The number of anilines is 1. The van der Waals surface area contributed by atoms with Crippen molar-refractivity contribution in [2.45, 2.75) is 69.2 Å². The van der Waals surface area contributed by atoms with Gasteiger partial charge in [-0.15, -0.1) is 0 Å². The van der Waals surface area contributed by atoms with Gasteiger partial charge in [-0.25, -0.2) is 4.39 Å². The predicted octanol–water partition coefficient (Wildman–Crippen LogP) is 4.96. The molecule has 0 saturated heterocycles. The molecule has 2 heterocycles. The van der Waals surface area contributed by atoms with Crippen molar-refractivity contribution in [1.29, 1.82) is 0 Å². The molecule has 2 aliphatic rings. The van der Waals surface area contributed by atoms with Crippen LogP contribution in [0, 0.1) is 11.7 Å². The molecule has 4 amide bonds. The fourth-order valence-corrected chi connectivity index (χ4v) is 6.34. The molecule has 4 atom stereocenters. The topological polar surface area (TPSA) is 171 Å². The summed E-state index contributed by atoms with van der Waals surface area (Å²) in [6, 6.07) is 19.7. The normalized spacial score (nSPS) is 20.4. The Morgan fingerprint density at radius 2 is 1.12 bits per heavy atom. The summed E-state index contributed by atoms with van der Waals surface area (Å²) in [4.78, 5) is 80.5. The first-order valence-electron chi connectivity index (χ1n) is 18.1. The second-order valence-electron chi connectivity index (χ2n) is 13.8. The lowest BCUT2D eigenvalue weighted by Gasteiger charge is -2.26. The third-order valence-electron chi connectivity index (χ3n) is 9.44. The maximum atomic E-state index is 14.2. The van der Waals surface area contributed by atoms with E-state index in [0.717, 1.165) is 36.4 Å². The second-order valence-corrected chi connectivity index (χ2v) is 13.8. The van der Waals surface area contributed by atoms with Gasteiger partial charge in [0.25, 0.3) is 0 Å². The van der Waals surface area contributed by atoms with Gasteiger partial charge >= 0.3 is 12.1 Å². The van der Waals surface area contributed by atoms with E-state index in [0.29, 0.717) is 22.4 Å². The van der Waals surface area contributed by atoms with Gasteiger partial charge in [0, 0.05) is 37.8 Å². The molecule has 0 aliphatic carbocycles. The lowest BCUT2D eigenvalue weighted by Crippen LogP contribution is -2.57. The molecule has 15 heteroatoms. The van der Waals surface area contributed by atoms with Gasteiger partial charge in [0.2, 0.25) is 23.6 Å². The highest BCUT2D eigenvalue weighted by Crippen LogP contribution is 2.29. The van der Waals surface area contributed by atoms with Gasteiger partial charge in [-0.2, -0.15) is 13.2 Å². The number of fused-ring (bicyclic) bond motifs is 18. The summed E-state index contributed by atoms with van der Waals surface area (Å²) in [5, 5.41) is 20.6. The van der Waals surface area contributed by atoms with Crippen LogP contribution in [0.3, 0.4) is 0 Å². The predicted molar refractivity (Wildman–Crippen MR) is 200 cm³/mol. The van der Waals surface area contributed by atoms with Crippen LogP contribution < -0.4 is 21.3 Å². The zero-order valence-electron chi connectivity index (χ0n) is 30.5. The molecule has 2 aliphatic heterocycles. The van der Waals surface area contributed by atoms with Crippen molar-refractivity contribution in [3.05, 3.63) is 137 Å². The summed E-state index contributed by atoms with van der Waals surface area (Å²) in [6.07, 6.45) is -6.44. The van der Waals surface area contributed by atoms with Gasteiger partial charge in [-0.3, -0.25) is 28.8 Å². The zero-order chi connectivity index (χ0) is 41.1. The number of benzene rings is 4. The molecule has 0 radical (unpaired) electrons. The average Bonchev–Trinajstić information content (AvgIpc) is 3.17. The number of carbonyl (C=O) groups is 6. The molecule has 2 bridgehead atoms. The molecular formula is C42H40F4N4O7. The standard InChI is InChI=1S/C42H40F4N4O7/c43-31-14-8-28(9-15-31)22-34-39(54)50-35(23-27-6-12-30(13-7-27)42(44,45)46)40(55)49-33(21-25-4-2-1-3-5-25)36(51)24-29(41(56)57)20-26-10-16-32(17-11-26)47-37(52)18-19-38(53)48-34/h1-17,29,33-35H,18-24H2,(H,47,52)(H,48,53)(H,49,55)(H,50,54)(H,56,57)/t29-,33-,34-,35+/m1/s1. The number of carbonyl (C=O) groups excluding carboxylic acids is 5. The van der Waals surface area contributed by atoms with E-state index in [1.165, 1.54) is 12.1 Å². The Labute approximate surface area is 325 Å². The van der Waals surface area contributed by atoms with Crippen molar-refractivity contribution in [3.8, 4) is 0 Å². The summed E-state index contributed by atoms with van der Waals surface area (Å²) in [6.45, 7) is 0. The van der Waals surface area contributed by atoms with Gasteiger partial charge in [-0.05, 0) is 71.5 Å². The van der Waals surface area contributed by atoms with E-state index in [9.17, 15) is 51.4 Å². The van der Waals surface area contributed by atoms with Gasteiger partial charge in [-0.1, -0.05) is 66.7 Å². The number of halogens is 4. The number of hydrogen-bond donors (Lipinski definition) is 5. The number of alkyl halides is 3. The fraction of sp³-hybridized carbons (Fsp3) is 0.286. The number of rotatable bonds is 7. The number of Topliss-reactive ketones (excluding diaryl/α,β-unsaturated/α-hetero) is 1. The van der Waals surface area contributed by atoms with Crippen LogP contribution in [0.2, 0.25) is 0 Å². The first kappa shape index (κ1) is 41.8. The summed E-state index contributed by atoms with van der Waals surface area (Å²) in [5.74, 6) is -6.70. The van der Waals surface area contributed by atoms with Crippen LogP contribution in [0.25, 0.3) is 0 Å². The van der Waals surface area contributed by atoms with Crippen LogP contribution in [-0.2, 0) is 60.6 Å². The minimum atomic E-state index is -4.64. The van der Waals surface area contributed by atoms with Crippen LogP contribution in [0.5, 0.6) is 0 Å². The van der Waals surface area contributed by atoms with E-state index < -0.39 is 83.4 Å². The number of nitrogens with one attached hydrogen (secondary N) is 4. The number of carboxylic acid groups (broad SMARTS) is 1. The second kappa shape index (κ2) is 19.0. The summed E-state index contributed by atoms with van der Waals surface area (Å²) in [7, 11) is 0. The summed E-state index contributed by atoms with van der Waals surface area (Å²) < 4.78 is 53.9. The molecule has 0 saturated carbocycles. The van der Waals surface area contributed by atoms with Gasteiger partial charge < -0.3 is 26.4 Å². The van der Waals surface area contributed by atoms with Crippen molar-refractivity contribution in [2.24, 2.45) is 5.92 Å². The molecule has 0 fully saturated rings. The van der Waals surface area contributed by atoms with E-state index in [2.05, 4.69) is 21.3 Å². The largest absolute Gasteiger partial charge is 0.481 e. The fourth-order valence-electron chi connectivity index (χ4n) is 6.34. The molecule has 57 heavy (non-hydrogen) atoms. The average molecular weight is 789 g/mol.